The minimum absolute atomic E-state index is 0.339. The van der Waals surface area contributed by atoms with Gasteiger partial charge in [0.25, 0.3) is 5.91 Å². The molecular weight excluding hydrogens is 225 g/mol. The Morgan fingerprint density at radius 3 is 2.64 bits per heavy atom. The monoisotopic (exact) mass is 233 g/mol. The molecule has 3 nitrogen and oxygen atoms in total. The lowest BCUT2D eigenvalue weighted by molar-refractivity contribution is -0.123. The zero-order chi connectivity index (χ0) is 10.7. The maximum atomic E-state index is 11.1. The van der Waals surface area contributed by atoms with Crippen molar-refractivity contribution >= 4 is 34.8 Å². The van der Waals surface area contributed by atoms with Crippen LogP contribution < -0.4 is 5.32 Å². The molecule has 0 aliphatic heterocycles. The van der Waals surface area contributed by atoms with Gasteiger partial charge < -0.3 is 10.4 Å². The second-order valence-electron chi connectivity index (χ2n) is 2.79. The predicted octanol–water partition coefficient (Wildman–Crippen LogP) is 2.31. The van der Waals surface area contributed by atoms with Gasteiger partial charge in [-0.3, -0.25) is 4.79 Å². The van der Waals surface area contributed by atoms with Crippen molar-refractivity contribution in [2.24, 2.45) is 0 Å². The van der Waals surface area contributed by atoms with E-state index in [2.05, 4.69) is 5.32 Å². The standard InChI is InChI=1S/C9H9Cl2NO2/c1-5(13)9(14)12-8-3-2-6(10)4-7(8)11/h2-5,13H,1H3,(H,12,14)/t5-/m0/s1. The number of rotatable bonds is 2. The third-order valence-corrected chi connectivity index (χ3v) is 2.12. The molecule has 0 aliphatic rings. The Labute approximate surface area is 91.6 Å². The smallest absolute Gasteiger partial charge is 0.252 e. The van der Waals surface area contributed by atoms with Crippen LogP contribution in [0.5, 0.6) is 0 Å². The van der Waals surface area contributed by atoms with Gasteiger partial charge >= 0.3 is 0 Å². The Balaban J connectivity index is 2.82. The first-order valence-electron chi connectivity index (χ1n) is 3.94. The van der Waals surface area contributed by atoms with E-state index in [0.717, 1.165) is 0 Å². The number of hydrogen-bond donors (Lipinski definition) is 2. The van der Waals surface area contributed by atoms with Crippen molar-refractivity contribution in [1.82, 2.24) is 0 Å². The molecule has 0 radical (unpaired) electrons. The Morgan fingerprint density at radius 2 is 2.14 bits per heavy atom. The van der Waals surface area contributed by atoms with Gasteiger partial charge in [-0.2, -0.15) is 0 Å². The molecule has 0 bridgehead atoms. The molecule has 0 aromatic heterocycles. The first-order valence-corrected chi connectivity index (χ1v) is 4.70. The summed E-state index contributed by atoms with van der Waals surface area (Å²) in [4.78, 5) is 11.1. The minimum atomic E-state index is -1.07. The summed E-state index contributed by atoms with van der Waals surface area (Å²) in [6, 6.07) is 4.69. The molecule has 0 heterocycles. The maximum Gasteiger partial charge on any atom is 0.252 e. The Kier molecular flexibility index (Phi) is 3.75. The van der Waals surface area contributed by atoms with E-state index in [0.29, 0.717) is 15.7 Å². The largest absolute Gasteiger partial charge is 0.384 e. The zero-order valence-electron chi connectivity index (χ0n) is 7.42. The molecule has 0 unspecified atom stereocenters. The molecule has 0 saturated heterocycles. The van der Waals surface area contributed by atoms with Crippen molar-refractivity contribution in [2.45, 2.75) is 13.0 Å². The number of benzene rings is 1. The molecule has 1 atom stereocenters. The van der Waals surface area contributed by atoms with Gasteiger partial charge in [0, 0.05) is 5.02 Å². The number of hydrogen-bond acceptors (Lipinski definition) is 2. The van der Waals surface area contributed by atoms with Crippen LogP contribution in [0.15, 0.2) is 18.2 Å². The Morgan fingerprint density at radius 1 is 1.50 bits per heavy atom. The first-order chi connectivity index (χ1) is 6.50. The molecule has 0 aliphatic carbocycles. The van der Waals surface area contributed by atoms with Crippen LogP contribution in [0.3, 0.4) is 0 Å². The molecule has 1 rings (SSSR count). The van der Waals surface area contributed by atoms with E-state index in [1.807, 2.05) is 0 Å². The van der Waals surface area contributed by atoms with Gasteiger partial charge in [0.05, 0.1) is 10.7 Å². The van der Waals surface area contributed by atoms with Crippen molar-refractivity contribution in [2.75, 3.05) is 5.32 Å². The predicted molar refractivity (Wildman–Crippen MR) is 56.8 cm³/mol. The molecule has 0 fully saturated rings. The number of nitrogens with one attached hydrogen (secondary N) is 1. The average Bonchev–Trinajstić information content (AvgIpc) is 2.09. The molecular formula is C9H9Cl2NO2. The van der Waals surface area contributed by atoms with Crippen LogP contribution in [0.2, 0.25) is 10.0 Å². The number of carbonyl (C=O) groups excluding carboxylic acids is 1. The summed E-state index contributed by atoms with van der Waals surface area (Å²) in [5.41, 5.74) is 0.432. The minimum Gasteiger partial charge on any atom is -0.384 e. The number of amides is 1. The molecule has 76 valence electrons. The topological polar surface area (TPSA) is 49.3 Å². The Bertz CT molecular complexity index is 353. The van der Waals surface area contributed by atoms with E-state index in [1.165, 1.54) is 13.0 Å². The molecule has 2 N–H and O–H groups in total. The first kappa shape index (κ1) is 11.3. The average molecular weight is 234 g/mol. The lowest BCUT2D eigenvalue weighted by Gasteiger charge is -2.08. The summed E-state index contributed by atoms with van der Waals surface area (Å²) < 4.78 is 0. The molecule has 1 aromatic carbocycles. The van der Waals surface area contributed by atoms with Gasteiger partial charge in [-0.05, 0) is 25.1 Å². The third-order valence-electron chi connectivity index (χ3n) is 1.57. The summed E-state index contributed by atoms with van der Waals surface area (Å²) >= 11 is 11.5. The van der Waals surface area contributed by atoms with Crippen LogP contribution in [-0.2, 0) is 4.79 Å². The maximum absolute atomic E-state index is 11.1. The van der Waals surface area contributed by atoms with Crippen molar-refractivity contribution in [1.29, 1.82) is 0 Å². The highest BCUT2D eigenvalue weighted by Gasteiger charge is 2.10. The highest BCUT2D eigenvalue weighted by atomic mass is 35.5. The van der Waals surface area contributed by atoms with E-state index in [4.69, 9.17) is 28.3 Å². The van der Waals surface area contributed by atoms with Crippen molar-refractivity contribution < 1.29 is 9.90 Å². The summed E-state index contributed by atoms with van der Waals surface area (Å²) in [5, 5.41) is 12.2. The van der Waals surface area contributed by atoms with Crippen LogP contribution in [0, 0.1) is 0 Å². The lowest BCUT2D eigenvalue weighted by atomic mass is 10.3. The van der Waals surface area contributed by atoms with Crippen LogP contribution in [-0.4, -0.2) is 17.1 Å². The van der Waals surface area contributed by atoms with Crippen molar-refractivity contribution in [3.8, 4) is 0 Å². The van der Waals surface area contributed by atoms with Gasteiger partial charge in [0.2, 0.25) is 0 Å². The molecule has 1 amide bonds. The van der Waals surface area contributed by atoms with Crippen LogP contribution in [0.4, 0.5) is 5.69 Å². The molecule has 0 saturated carbocycles. The van der Waals surface area contributed by atoms with E-state index in [-0.39, 0.29) is 0 Å². The summed E-state index contributed by atoms with van der Waals surface area (Å²) in [6.07, 6.45) is -1.07. The zero-order valence-corrected chi connectivity index (χ0v) is 8.93. The van der Waals surface area contributed by atoms with Crippen molar-refractivity contribution in [3.63, 3.8) is 0 Å². The highest BCUT2D eigenvalue weighted by molar-refractivity contribution is 6.36. The van der Waals surface area contributed by atoms with E-state index < -0.39 is 12.0 Å². The molecule has 1 aromatic rings. The van der Waals surface area contributed by atoms with Crippen LogP contribution in [0.25, 0.3) is 0 Å². The number of aliphatic hydroxyl groups is 1. The normalized spacial score (nSPS) is 12.3. The number of halogens is 2. The quantitative estimate of drug-likeness (QED) is 0.824. The second-order valence-corrected chi connectivity index (χ2v) is 3.63. The lowest BCUT2D eigenvalue weighted by Crippen LogP contribution is -2.24. The number of anilines is 1. The van der Waals surface area contributed by atoms with Gasteiger partial charge in [0.1, 0.15) is 6.10 Å². The second kappa shape index (κ2) is 4.64. The summed E-state index contributed by atoms with van der Waals surface area (Å²) in [5.74, 6) is -0.505. The number of carbonyl (C=O) groups is 1. The van der Waals surface area contributed by atoms with E-state index in [1.54, 1.807) is 12.1 Å². The van der Waals surface area contributed by atoms with E-state index >= 15 is 0 Å². The summed E-state index contributed by atoms with van der Waals surface area (Å²) in [7, 11) is 0. The van der Waals surface area contributed by atoms with Gasteiger partial charge in [-0.1, -0.05) is 23.2 Å². The Hall–Kier alpha value is -0.770. The van der Waals surface area contributed by atoms with Crippen molar-refractivity contribution in [3.05, 3.63) is 28.2 Å². The van der Waals surface area contributed by atoms with Crippen LogP contribution >= 0.6 is 23.2 Å². The molecule has 0 spiro atoms. The molecule has 5 heteroatoms. The van der Waals surface area contributed by atoms with E-state index in [9.17, 15) is 4.79 Å². The number of aliphatic hydroxyl groups excluding tert-OH is 1. The van der Waals surface area contributed by atoms with Gasteiger partial charge in [0.15, 0.2) is 0 Å². The third kappa shape index (κ3) is 2.87. The fraction of sp³-hybridized carbons (Fsp3) is 0.222. The molecule has 14 heavy (non-hydrogen) atoms. The highest BCUT2D eigenvalue weighted by Crippen LogP contribution is 2.25. The van der Waals surface area contributed by atoms with Crippen LogP contribution in [0.1, 0.15) is 6.92 Å². The fourth-order valence-corrected chi connectivity index (χ4v) is 1.28. The summed E-state index contributed by atoms with van der Waals surface area (Å²) in [6.45, 7) is 1.37. The van der Waals surface area contributed by atoms with Gasteiger partial charge in [-0.15, -0.1) is 0 Å². The SMILES string of the molecule is C[C@H](O)C(=O)Nc1ccc(Cl)cc1Cl. The van der Waals surface area contributed by atoms with Gasteiger partial charge in [-0.25, -0.2) is 0 Å². The fourth-order valence-electron chi connectivity index (χ4n) is 0.828.